The number of hydrogen-bond donors (Lipinski definition) is 1. The Morgan fingerprint density at radius 2 is 1.66 bits per heavy atom. The van der Waals surface area contributed by atoms with Crippen molar-refractivity contribution in [3.05, 3.63) is 57.7 Å². The zero-order chi connectivity index (χ0) is 26.2. The molecule has 0 saturated carbocycles. The van der Waals surface area contributed by atoms with Gasteiger partial charge in [0.15, 0.2) is 0 Å². The van der Waals surface area contributed by atoms with E-state index in [4.69, 9.17) is 4.74 Å². The van der Waals surface area contributed by atoms with E-state index in [1.165, 1.54) is 4.90 Å². The fraction of sp³-hybridized carbons (Fsp3) is 0.440. The average molecular weight is 616 g/mol. The first-order valence-electron chi connectivity index (χ1n) is 11.4. The molecule has 0 spiro atoms. The van der Waals surface area contributed by atoms with Gasteiger partial charge < -0.3 is 15.0 Å². The molecule has 1 atom stereocenters. The summed E-state index contributed by atoms with van der Waals surface area (Å²) < 4.78 is 32.5. The van der Waals surface area contributed by atoms with E-state index in [9.17, 15) is 18.0 Å². The number of nitrogens with one attached hydrogen (secondary N) is 1. The first-order chi connectivity index (χ1) is 16.5. The highest BCUT2D eigenvalue weighted by Gasteiger charge is 2.31. The van der Waals surface area contributed by atoms with Gasteiger partial charge in [0.25, 0.3) is 0 Å². The number of sulfonamides is 1. The van der Waals surface area contributed by atoms with Crippen molar-refractivity contribution in [1.82, 2.24) is 10.2 Å². The number of ether oxygens (including phenoxy) is 1. The van der Waals surface area contributed by atoms with Crippen molar-refractivity contribution in [2.45, 2.75) is 39.8 Å². The van der Waals surface area contributed by atoms with Gasteiger partial charge in [-0.15, -0.1) is 0 Å². The Labute approximate surface area is 222 Å². The molecule has 0 aliphatic carbocycles. The standard InChI is InChI=1S/C25H34IN3O5S/c1-6-23(25(31)27-15-18(2)3)28(16-19-7-13-22(34-4)14-8-19)24(30)17-29(35(5,32)33)21-11-9-20(26)10-12-21/h7-14,18,23H,6,15-17H2,1-5H3,(H,27,31)/t23-/m1/s1. The number of rotatable bonds is 12. The summed E-state index contributed by atoms with van der Waals surface area (Å²) in [5, 5.41) is 2.91. The Morgan fingerprint density at radius 3 is 2.14 bits per heavy atom. The summed E-state index contributed by atoms with van der Waals surface area (Å²) in [6.07, 6.45) is 1.45. The fourth-order valence-electron chi connectivity index (χ4n) is 3.49. The van der Waals surface area contributed by atoms with Gasteiger partial charge in [-0.2, -0.15) is 0 Å². The Bertz CT molecular complexity index is 1090. The average Bonchev–Trinajstić information content (AvgIpc) is 2.81. The minimum Gasteiger partial charge on any atom is -0.497 e. The lowest BCUT2D eigenvalue weighted by molar-refractivity contribution is -0.140. The van der Waals surface area contributed by atoms with E-state index >= 15 is 0 Å². The maximum absolute atomic E-state index is 13.6. The van der Waals surface area contributed by atoms with Crippen LogP contribution in [0, 0.1) is 9.49 Å². The third kappa shape index (κ3) is 8.68. The molecular formula is C25H34IN3O5S. The normalized spacial score (nSPS) is 12.2. The summed E-state index contributed by atoms with van der Waals surface area (Å²) in [5.74, 6) is 0.207. The monoisotopic (exact) mass is 615 g/mol. The number of carbonyl (C=O) groups is 2. The van der Waals surface area contributed by atoms with Gasteiger partial charge in [-0.05, 0) is 76.9 Å². The molecule has 2 amide bonds. The van der Waals surface area contributed by atoms with Gasteiger partial charge in [-0.3, -0.25) is 13.9 Å². The van der Waals surface area contributed by atoms with Crippen molar-refractivity contribution in [3.63, 3.8) is 0 Å². The smallest absolute Gasteiger partial charge is 0.244 e. The molecule has 10 heteroatoms. The molecule has 0 aliphatic heterocycles. The van der Waals surface area contributed by atoms with Gasteiger partial charge >= 0.3 is 0 Å². The van der Waals surface area contributed by atoms with E-state index in [1.54, 1.807) is 43.5 Å². The predicted molar refractivity (Wildman–Crippen MR) is 147 cm³/mol. The summed E-state index contributed by atoms with van der Waals surface area (Å²) in [6, 6.07) is 13.4. The van der Waals surface area contributed by atoms with Crippen LogP contribution in [-0.4, -0.2) is 57.6 Å². The Hall–Kier alpha value is -2.34. The molecule has 2 aromatic carbocycles. The third-order valence-electron chi connectivity index (χ3n) is 5.38. The van der Waals surface area contributed by atoms with E-state index in [1.807, 2.05) is 32.9 Å². The van der Waals surface area contributed by atoms with Crippen LogP contribution >= 0.6 is 22.6 Å². The SMILES string of the molecule is CC[C@H](C(=O)NCC(C)C)N(Cc1ccc(OC)cc1)C(=O)CN(c1ccc(I)cc1)S(C)(=O)=O. The quantitative estimate of drug-likeness (QED) is 0.368. The molecule has 0 unspecified atom stereocenters. The second-order valence-corrected chi connectivity index (χ2v) is 11.8. The van der Waals surface area contributed by atoms with Crippen LogP contribution in [0.15, 0.2) is 48.5 Å². The van der Waals surface area contributed by atoms with E-state index < -0.39 is 28.5 Å². The molecule has 192 valence electrons. The maximum atomic E-state index is 13.6. The summed E-state index contributed by atoms with van der Waals surface area (Å²) in [7, 11) is -2.18. The Balaban J connectivity index is 2.40. The van der Waals surface area contributed by atoms with E-state index in [2.05, 4.69) is 27.9 Å². The van der Waals surface area contributed by atoms with Crippen LogP contribution in [0.2, 0.25) is 0 Å². The van der Waals surface area contributed by atoms with E-state index in [-0.39, 0.29) is 18.4 Å². The highest BCUT2D eigenvalue weighted by atomic mass is 127. The summed E-state index contributed by atoms with van der Waals surface area (Å²) >= 11 is 2.13. The number of benzene rings is 2. The molecule has 0 bridgehead atoms. The van der Waals surface area contributed by atoms with Gasteiger partial charge in [0.1, 0.15) is 18.3 Å². The number of methoxy groups -OCH3 is 1. The van der Waals surface area contributed by atoms with Gasteiger partial charge in [-0.1, -0.05) is 32.9 Å². The molecule has 1 N–H and O–H groups in total. The maximum Gasteiger partial charge on any atom is 0.244 e. The van der Waals surface area contributed by atoms with Crippen molar-refractivity contribution in [2.24, 2.45) is 5.92 Å². The summed E-state index contributed by atoms with van der Waals surface area (Å²) in [4.78, 5) is 28.1. The van der Waals surface area contributed by atoms with Crippen molar-refractivity contribution < 1.29 is 22.7 Å². The minimum absolute atomic E-state index is 0.153. The van der Waals surface area contributed by atoms with Crippen molar-refractivity contribution in [2.75, 3.05) is 30.8 Å². The first kappa shape index (κ1) is 28.9. The van der Waals surface area contributed by atoms with Gasteiger partial charge in [0.05, 0.1) is 19.1 Å². The van der Waals surface area contributed by atoms with Gasteiger partial charge in [0, 0.05) is 16.7 Å². The minimum atomic E-state index is -3.75. The van der Waals surface area contributed by atoms with E-state index in [0.717, 1.165) is 19.7 Å². The number of anilines is 1. The molecule has 0 aromatic heterocycles. The fourth-order valence-corrected chi connectivity index (χ4v) is 4.70. The van der Waals surface area contributed by atoms with Crippen LogP contribution in [0.5, 0.6) is 5.75 Å². The second kappa shape index (κ2) is 13.1. The largest absolute Gasteiger partial charge is 0.497 e. The lowest BCUT2D eigenvalue weighted by atomic mass is 10.1. The number of halogens is 1. The molecule has 0 heterocycles. The summed E-state index contributed by atoms with van der Waals surface area (Å²) in [6.45, 7) is 6.04. The molecule has 0 fully saturated rings. The van der Waals surface area contributed by atoms with Gasteiger partial charge in [-0.25, -0.2) is 8.42 Å². The molecule has 8 nitrogen and oxygen atoms in total. The molecule has 35 heavy (non-hydrogen) atoms. The highest BCUT2D eigenvalue weighted by molar-refractivity contribution is 14.1. The topological polar surface area (TPSA) is 96.0 Å². The number of carbonyl (C=O) groups excluding carboxylic acids is 2. The van der Waals surface area contributed by atoms with Gasteiger partial charge in [0.2, 0.25) is 21.8 Å². The van der Waals surface area contributed by atoms with Crippen LogP contribution in [0.3, 0.4) is 0 Å². The number of nitrogens with zero attached hydrogens (tertiary/aromatic N) is 2. The lowest BCUT2D eigenvalue weighted by Gasteiger charge is -2.33. The third-order valence-corrected chi connectivity index (χ3v) is 7.24. The van der Waals surface area contributed by atoms with Crippen molar-refractivity contribution in [1.29, 1.82) is 0 Å². The van der Waals surface area contributed by atoms with Crippen molar-refractivity contribution in [3.8, 4) is 5.75 Å². The zero-order valence-electron chi connectivity index (χ0n) is 20.8. The molecule has 0 saturated heterocycles. The molecule has 2 aromatic rings. The molecule has 0 aliphatic rings. The Kier molecular flexibility index (Phi) is 10.8. The van der Waals surface area contributed by atoms with Crippen LogP contribution < -0.4 is 14.4 Å². The molecule has 2 rings (SSSR count). The Morgan fingerprint density at radius 1 is 1.06 bits per heavy atom. The molecule has 0 radical (unpaired) electrons. The first-order valence-corrected chi connectivity index (χ1v) is 14.3. The number of hydrogen-bond acceptors (Lipinski definition) is 5. The highest BCUT2D eigenvalue weighted by Crippen LogP contribution is 2.21. The lowest BCUT2D eigenvalue weighted by Crippen LogP contribution is -2.52. The van der Waals surface area contributed by atoms with Crippen molar-refractivity contribution >= 4 is 50.1 Å². The zero-order valence-corrected chi connectivity index (χ0v) is 23.8. The molecular weight excluding hydrogens is 581 g/mol. The van der Waals surface area contributed by atoms with E-state index in [0.29, 0.717) is 24.4 Å². The van der Waals surface area contributed by atoms with Crippen LogP contribution in [0.25, 0.3) is 0 Å². The predicted octanol–water partition coefficient (Wildman–Crippen LogP) is 3.65. The van der Waals surface area contributed by atoms with Crippen LogP contribution in [0.4, 0.5) is 5.69 Å². The summed E-state index contributed by atoms with van der Waals surface area (Å²) in [5.41, 5.74) is 1.19. The number of amides is 2. The van der Waals surface area contributed by atoms with Crippen LogP contribution in [-0.2, 0) is 26.2 Å². The second-order valence-electron chi connectivity index (χ2n) is 8.68. The van der Waals surface area contributed by atoms with Crippen LogP contribution in [0.1, 0.15) is 32.8 Å².